The maximum absolute atomic E-state index is 13.9. The number of ether oxygens (including phenoxy) is 2. The summed E-state index contributed by atoms with van der Waals surface area (Å²) < 4.78 is 13.9. The van der Waals surface area contributed by atoms with Crippen LogP contribution in [-0.4, -0.2) is 28.7 Å². The summed E-state index contributed by atoms with van der Waals surface area (Å²) in [5.41, 5.74) is 2.86. The van der Waals surface area contributed by atoms with Gasteiger partial charge in [-0.25, -0.2) is 9.78 Å². The number of nitrogens with zero attached hydrogens (tertiary/aromatic N) is 2. The number of methoxy groups -OCH3 is 1. The lowest BCUT2D eigenvalue weighted by Gasteiger charge is -2.37. The van der Waals surface area contributed by atoms with Crippen molar-refractivity contribution < 1.29 is 14.3 Å². The highest BCUT2D eigenvalue weighted by Crippen LogP contribution is 2.45. The Labute approximate surface area is 202 Å². The molecule has 2 aliphatic carbocycles. The van der Waals surface area contributed by atoms with Crippen LogP contribution in [-0.2, 0) is 9.53 Å². The van der Waals surface area contributed by atoms with Gasteiger partial charge in [0.1, 0.15) is 23.7 Å². The van der Waals surface area contributed by atoms with Crippen LogP contribution in [0.1, 0.15) is 58.9 Å². The van der Waals surface area contributed by atoms with Gasteiger partial charge in [-0.2, -0.15) is 0 Å². The van der Waals surface area contributed by atoms with E-state index in [-0.39, 0.29) is 18.1 Å². The second-order valence-electron chi connectivity index (χ2n) is 10.6. The largest absolute Gasteiger partial charge is 0.497 e. The van der Waals surface area contributed by atoms with Gasteiger partial charge in [0, 0.05) is 5.56 Å². The average Bonchev–Trinajstić information content (AvgIpc) is 3.59. The molecule has 0 saturated heterocycles. The highest BCUT2D eigenvalue weighted by Gasteiger charge is 2.43. The van der Waals surface area contributed by atoms with Crippen molar-refractivity contribution in [3.63, 3.8) is 0 Å². The number of para-hydroxylation sites is 2. The summed E-state index contributed by atoms with van der Waals surface area (Å²) in [5.74, 6) is 3.35. The Kier molecular flexibility index (Phi) is 6.37. The Morgan fingerprint density at radius 3 is 2.44 bits per heavy atom. The third-order valence-electron chi connectivity index (χ3n) is 7.76. The molecule has 0 aliphatic heterocycles. The third kappa shape index (κ3) is 4.45. The van der Waals surface area contributed by atoms with Gasteiger partial charge in [-0.15, -0.1) is 0 Å². The first-order valence-electron chi connectivity index (χ1n) is 12.8. The van der Waals surface area contributed by atoms with E-state index in [2.05, 4.69) is 31.4 Å². The second-order valence-corrected chi connectivity index (χ2v) is 10.6. The van der Waals surface area contributed by atoms with Crippen LogP contribution in [0.5, 0.6) is 5.75 Å². The monoisotopic (exact) mass is 460 g/mol. The summed E-state index contributed by atoms with van der Waals surface area (Å²) in [5, 5.41) is 0. The zero-order valence-corrected chi connectivity index (χ0v) is 20.7. The van der Waals surface area contributed by atoms with Crippen LogP contribution in [0.3, 0.4) is 0 Å². The summed E-state index contributed by atoms with van der Waals surface area (Å²) >= 11 is 0. The molecule has 2 fully saturated rings. The molecule has 5 nitrogen and oxygen atoms in total. The van der Waals surface area contributed by atoms with E-state index >= 15 is 0 Å². The number of carbonyl (C=O) groups is 1. The van der Waals surface area contributed by atoms with Gasteiger partial charge in [0.2, 0.25) is 0 Å². The normalized spacial score (nSPS) is 23.7. The fraction of sp³-hybridized carbons (Fsp3) is 0.517. The molecular formula is C29H36N2O3. The van der Waals surface area contributed by atoms with E-state index in [9.17, 15) is 4.79 Å². The Morgan fingerprint density at radius 2 is 1.76 bits per heavy atom. The lowest BCUT2D eigenvalue weighted by atomic mass is 9.75. The average molecular weight is 461 g/mol. The van der Waals surface area contributed by atoms with Crippen LogP contribution in [0.2, 0.25) is 0 Å². The minimum Gasteiger partial charge on any atom is -0.497 e. The van der Waals surface area contributed by atoms with Crippen LogP contribution in [0.4, 0.5) is 0 Å². The van der Waals surface area contributed by atoms with Crippen molar-refractivity contribution in [1.29, 1.82) is 0 Å². The van der Waals surface area contributed by atoms with Gasteiger partial charge in [-0.3, -0.25) is 0 Å². The van der Waals surface area contributed by atoms with Gasteiger partial charge in [0.15, 0.2) is 0 Å². The molecule has 0 spiro atoms. The quantitative estimate of drug-likeness (QED) is 0.370. The van der Waals surface area contributed by atoms with E-state index in [1.807, 2.05) is 42.5 Å². The van der Waals surface area contributed by atoms with Crippen molar-refractivity contribution in [3.8, 4) is 17.1 Å². The van der Waals surface area contributed by atoms with Gasteiger partial charge in [-0.05, 0) is 85.8 Å². The number of benzene rings is 2. The Morgan fingerprint density at radius 1 is 1.03 bits per heavy atom. The van der Waals surface area contributed by atoms with Gasteiger partial charge >= 0.3 is 5.97 Å². The van der Waals surface area contributed by atoms with E-state index in [1.54, 1.807) is 7.11 Å². The van der Waals surface area contributed by atoms with Crippen LogP contribution in [0, 0.1) is 23.7 Å². The molecule has 1 aromatic heterocycles. The molecule has 2 aromatic carbocycles. The molecule has 5 heteroatoms. The van der Waals surface area contributed by atoms with Crippen LogP contribution >= 0.6 is 0 Å². The summed E-state index contributed by atoms with van der Waals surface area (Å²) in [6.45, 7) is 6.79. The maximum Gasteiger partial charge on any atom is 0.329 e. The van der Waals surface area contributed by atoms with E-state index in [0.717, 1.165) is 53.9 Å². The van der Waals surface area contributed by atoms with E-state index < -0.39 is 0 Å². The van der Waals surface area contributed by atoms with Crippen molar-refractivity contribution in [2.45, 2.75) is 65.0 Å². The first kappa shape index (κ1) is 22.9. The number of hydrogen-bond acceptors (Lipinski definition) is 4. The van der Waals surface area contributed by atoms with Crippen LogP contribution < -0.4 is 4.74 Å². The standard InChI is InChI=1S/C29H36N2O3/c1-18(2)23-16-9-19(3)17-26(23)34-29(32)27(20-10-11-20)31-25-8-6-5-7-24(25)30-28(31)21-12-14-22(33-4)15-13-21/h5-8,12-15,18-20,23,26-27H,9-11,16-17H2,1-4H3/t19-,23+,26-,27-/m1/s1. The Balaban J connectivity index is 1.54. The minimum atomic E-state index is -0.352. The number of aromatic nitrogens is 2. The van der Waals surface area contributed by atoms with Crippen molar-refractivity contribution in [1.82, 2.24) is 9.55 Å². The van der Waals surface area contributed by atoms with E-state index in [0.29, 0.717) is 23.7 Å². The third-order valence-corrected chi connectivity index (χ3v) is 7.76. The highest BCUT2D eigenvalue weighted by molar-refractivity contribution is 5.85. The van der Waals surface area contributed by atoms with Gasteiger partial charge in [0.05, 0.1) is 18.1 Å². The maximum atomic E-state index is 13.9. The molecule has 0 N–H and O–H groups in total. The highest BCUT2D eigenvalue weighted by atomic mass is 16.5. The van der Waals surface area contributed by atoms with Crippen molar-refractivity contribution in [2.24, 2.45) is 23.7 Å². The van der Waals surface area contributed by atoms with Crippen molar-refractivity contribution in [3.05, 3.63) is 48.5 Å². The van der Waals surface area contributed by atoms with E-state index in [4.69, 9.17) is 14.5 Å². The molecule has 0 radical (unpaired) electrons. The molecule has 4 atom stereocenters. The summed E-state index contributed by atoms with van der Waals surface area (Å²) in [4.78, 5) is 18.9. The molecule has 0 bridgehead atoms. The topological polar surface area (TPSA) is 53.4 Å². The summed E-state index contributed by atoms with van der Waals surface area (Å²) in [7, 11) is 1.67. The smallest absolute Gasteiger partial charge is 0.329 e. The lowest BCUT2D eigenvalue weighted by Crippen LogP contribution is -2.38. The fourth-order valence-electron chi connectivity index (χ4n) is 5.66. The molecule has 2 saturated carbocycles. The van der Waals surface area contributed by atoms with Crippen LogP contribution in [0.25, 0.3) is 22.4 Å². The van der Waals surface area contributed by atoms with Crippen molar-refractivity contribution >= 4 is 17.0 Å². The number of esters is 1. The number of fused-ring (bicyclic) bond motifs is 1. The van der Waals surface area contributed by atoms with Crippen LogP contribution in [0.15, 0.2) is 48.5 Å². The molecule has 1 heterocycles. The lowest BCUT2D eigenvalue weighted by molar-refractivity contribution is -0.160. The Bertz CT molecular complexity index is 1150. The van der Waals surface area contributed by atoms with E-state index in [1.165, 1.54) is 6.42 Å². The summed E-state index contributed by atoms with van der Waals surface area (Å²) in [6.07, 6.45) is 5.40. The molecule has 5 rings (SSSR count). The molecule has 0 amide bonds. The molecule has 3 aromatic rings. The number of imidazole rings is 1. The predicted molar refractivity (Wildman–Crippen MR) is 135 cm³/mol. The van der Waals surface area contributed by atoms with Crippen molar-refractivity contribution in [2.75, 3.05) is 7.11 Å². The molecule has 34 heavy (non-hydrogen) atoms. The molecule has 0 unspecified atom stereocenters. The van der Waals surface area contributed by atoms with Gasteiger partial charge in [0.25, 0.3) is 0 Å². The first-order chi connectivity index (χ1) is 16.5. The Hall–Kier alpha value is -2.82. The predicted octanol–water partition coefficient (Wildman–Crippen LogP) is 6.67. The summed E-state index contributed by atoms with van der Waals surface area (Å²) in [6, 6.07) is 15.7. The minimum absolute atomic E-state index is 0.00304. The first-order valence-corrected chi connectivity index (χ1v) is 12.8. The zero-order valence-electron chi connectivity index (χ0n) is 20.7. The fourth-order valence-corrected chi connectivity index (χ4v) is 5.66. The second kappa shape index (κ2) is 9.44. The number of hydrogen-bond donors (Lipinski definition) is 0. The van der Waals surface area contributed by atoms with Gasteiger partial charge in [-0.1, -0.05) is 39.3 Å². The number of rotatable bonds is 7. The van der Waals surface area contributed by atoms with Gasteiger partial charge < -0.3 is 14.0 Å². The molecular weight excluding hydrogens is 424 g/mol. The zero-order chi connectivity index (χ0) is 23.8. The SMILES string of the molecule is COc1ccc(-c2nc3ccccc3n2[C@@H](C(=O)O[C@@H]2C[C@H](C)CC[C@H]2C(C)C)C2CC2)cc1. The molecule has 180 valence electrons. The number of carbonyl (C=O) groups excluding carboxylic acids is 1. The molecule has 2 aliphatic rings.